The van der Waals surface area contributed by atoms with Gasteiger partial charge in [0.1, 0.15) is 0 Å². The third-order valence-electron chi connectivity index (χ3n) is 2.94. The van der Waals surface area contributed by atoms with Crippen LogP contribution < -0.4 is 0 Å². The van der Waals surface area contributed by atoms with Crippen molar-refractivity contribution in [1.29, 1.82) is 0 Å². The summed E-state index contributed by atoms with van der Waals surface area (Å²) in [6, 6.07) is 10.1. The molecular formula is C14H13N3O. The number of pyridine rings is 1. The topological polar surface area (TPSA) is 50.9 Å². The summed E-state index contributed by atoms with van der Waals surface area (Å²) in [4.78, 5) is 8.45. The van der Waals surface area contributed by atoms with Crippen LogP contribution in [-0.2, 0) is 13.2 Å². The molecule has 3 aromatic rings. The molecule has 0 spiro atoms. The van der Waals surface area contributed by atoms with E-state index in [4.69, 9.17) is 5.11 Å². The SMILES string of the molecule is OCc1cn(Cc2ccnc3ccccc23)cn1. The summed E-state index contributed by atoms with van der Waals surface area (Å²) in [6.07, 6.45) is 5.41. The zero-order valence-corrected chi connectivity index (χ0v) is 9.82. The summed E-state index contributed by atoms with van der Waals surface area (Å²) in [6.45, 7) is 0.708. The minimum Gasteiger partial charge on any atom is -0.390 e. The molecule has 2 heterocycles. The highest BCUT2D eigenvalue weighted by atomic mass is 16.3. The fourth-order valence-corrected chi connectivity index (χ4v) is 2.06. The number of aliphatic hydroxyl groups is 1. The highest BCUT2D eigenvalue weighted by Gasteiger charge is 2.03. The van der Waals surface area contributed by atoms with Crippen LogP contribution in [0.2, 0.25) is 0 Å². The Morgan fingerprint density at radius 3 is 2.83 bits per heavy atom. The average molecular weight is 239 g/mol. The van der Waals surface area contributed by atoms with E-state index in [0.29, 0.717) is 5.69 Å². The third-order valence-corrected chi connectivity index (χ3v) is 2.94. The molecule has 90 valence electrons. The predicted molar refractivity (Wildman–Crippen MR) is 69.0 cm³/mol. The van der Waals surface area contributed by atoms with Crippen LogP contribution in [0.1, 0.15) is 11.3 Å². The van der Waals surface area contributed by atoms with Crippen molar-refractivity contribution < 1.29 is 5.11 Å². The first-order valence-corrected chi connectivity index (χ1v) is 5.81. The smallest absolute Gasteiger partial charge is 0.0953 e. The van der Waals surface area contributed by atoms with Crippen LogP contribution in [0, 0.1) is 0 Å². The fourth-order valence-electron chi connectivity index (χ4n) is 2.06. The minimum atomic E-state index is -0.0237. The molecule has 0 amide bonds. The Morgan fingerprint density at radius 2 is 2.00 bits per heavy atom. The van der Waals surface area contributed by atoms with Crippen LogP contribution in [0.5, 0.6) is 0 Å². The van der Waals surface area contributed by atoms with Crippen molar-refractivity contribution in [2.45, 2.75) is 13.2 Å². The number of benzene rings is 1. The van der Waals surface area contributed by atoms with Gasteiger partial charge in [-0.1, -0.05) is 18.2 Å². The Kier molecular flexibility index (Phi) is 2.78. The Morgan fingerprint density at radius 1 is 1.11 bits per heavy atom. The first kappa shape index (κ1) is 10.9. The molecule has 0 unspecified atom stereocenters. The van der Waals surface area contributed by atoms with Gasteiger partial charge < -0.3 is 9.67 Å². The summed E-state index contributed by atoms with van der Waals surface area (Å²) in [7, 11) is 0. The highest BCUT2D eigenvalue weighted by molar-refractivity contribution is 5.81. The van der Waals surface area contributed by atoms with Gasteiger partial charge in [-0.2, -0.15) is 0 Å². The zero-order valence-electron chi connectivity index (χ0n) is 9.82. The molecule has 3 rings (SSSR count). The van der Waals surface area contributed by atoms with Gasteiger partial charge in [-0.25, -0.2) is 4.98 Å². The Hall–Kier alpha value is -2.20. The van der Waals surface area contributed by atoms with Crippen molar-refractivity contribution in [3.63, 3.8) is 0 Å². The molecule has 4 nitrogen and oxygen atoms in total. The molecule has 0 saturated heterocycles. The molecule has 0 fully saturated rings. The summed E-state index contributed by atoms with van der Waals surface area (Å²) in [5, 5.41) is 10.2. The summed E-state index contributed by atoms with van der Waals surface area (Å²) < 4.78 is 1.97. The van der Waals surface area contributed by atoms with Gasteiger partial charge in [0.05, 0.1) is 24.1 Å². The molecule has 1 aromatic carbocycles. The molecule has 0 aliphatic heterocycles. The number of aromatic nitrogens is 3. The Bertz CT molecular complexity index is 670. The maximum Gasteiger partial charge on any atom is 0.0953 e. The normalized spacial score (nSPS) is 10.9. The maximum atomic E-state index is 9.00. The first-order chi connectivity index (χ1) is 8.86. The van der Waals surface area contributed by atoms with E-state index in [2.05, 4.69) is 16.0 Å². The van der Waals surface area contributed by atoms with Crippen molar-refractivity contribution in [1.82, 2.24) is 14.5 Å². The molecule has 4 heteroatoms. The largest absolute Gasteiger partial charge is 0.390 e. The molecule has 0 radical (unpaired) electrons. The van der Waals surface area contributed by atoms with Gasteiger partial charge in [0.2, 0.25) is 0 Å². The number of para-hydroxylation sites is 1. The van der Waals surface area contributed by atoms with Crippen molar-refractivity contribution in [3.05, 3.63) is 60.3 Å². The second-order valence-electron chi connectivity index (χ2n) is 4.18. The minimum absolute atomic E-state index is 0.0237. The lowest BCUT2D eigenvalue weighted by atomic mass is 10.1. The standard InChI is InChI=1S/C14H13N3O/c18-9-12-8-17(10-16-12)7-11-5-6-15-14-4-2-1-3-13(11)14/h1-6,8,10,18H,7,9H2. The Balaban J connectivity index is 1.99. The number of rotatable bonds is 3. The van der Waals surface area contributed by atoms with Crippen LogP contribution in [0.25, 0.3) is 10.9 Å². The van der Waals surface area contributed by atoms with Crippen LogP contribution in [0.15, 0.2) is 49.1 Å². The zero-order chi connectivity index (χ0) is 12.4. The second-order valence-corrected chi connectivity index (χ2v) is 4.18. The highest BCUT2D eigenvalue weighted by Crippen LogP contribution is 2.17. The fraction of sp³-hybridized carbons (Fsp3) is 0.143. The van der Waals surface area contributed by atoms with Gasteiger partial charge in [-0.3, -0.25) is 4.98 Å². The van der Waals surface area contributed by atoms with E-state index in [0.717, 1.165) is 17.4 Å². The third kappa shape index (κ3) is 1.98. The van der Waals surface area contributed by atoms with E-state index in [1.54, 1.807) is 6.33 Å². The second kappa shape index (κ2) is 4.58. The van der Waals surface area contributed by atoms with Gasteiger partial charge in [-0.15, -0.1) is 0 Å². The van der Waals surface area contributed by atoms with E-state index in [9.17, 15) is 0 Å². The number of hydrogen-bond acceptors (Lipinski definition) is 3. The van der Waals surface area contributed by atoms with Gasteiger partial charge >= 0.3 is 0 Å². The van der Waals surface area contributed by atoms with Crippen molar-refractivity contribution in [2.75, 3.05) is 0 Å². The molecule has 0 bridgehead atoms. The van der Waals surface area contributed by atoms with Crippen LogP contribution in [-0.4, -0.2) is 19.6 Å². The molecular weight excluding hydrogens is 226 g/mol. The number of aliphatic hydroxyl groups excluding tert-OH is 1. The van der Waals surface area contributed by atoms with Crippen molar-refractivity contribution >= 4 is 10.9 Å². The number of nitrogens with zero attached hydrogens (tertiary/aromatic N) is 3. The number of imidazole rings is 1. The van der Waals surface area contributed by atoms with E-state index in [1.807, 2.05) is 41.2 Å². The summed E-state index contributed by atoms with van der Waals surface area (Å²) in [5.41, 5.74) is 2.88. The monoisotopic (exact) mass is 239 g/mol. The maximum absolute atomic E-state index is 9.00. The molecule has 2 aromatic heterocycles. The molecule has 0 saturated carbocycles. The lowest BCUT2D eigenvalue weighted by molar-refractivity contribution is 0.277. The molecule has 18 heavy (non-hydrogen) atoms. The van der Waals surface area contributed by atoms with E-state index < -0.39 is 0 Å². The Labute approximate surface area is 105 Å². The van der Waals surface area contributed by atoms with E-state index in [-0.39, 0.29) is 6.61 Å². The van der Waals surface area contributed by atoms with Crippen molar-refractivity contribution in [2.24, 2.45) is 0 Å². The molecule has 0 atom stereocenters. The van der Waals surface area contributed by atoms with Crippen molar-refractivity contribution in [3.8, 4) is 0 Å². The number of hydrogen-bond donors (Lipinski definition) is 1. The van der Waals surface area contributed by atoms with Gasteiger partial charge in [0, 0.05) is 24.3 Å². The lowest BCUT2D eigenvalue weighted by Crippen LogP contribution is -1.98. The molecule has 1 N–H and O–H groups in total. The first-order valence-electron chi connectivity index (χ1n) is 5.81. The van der Waals surface area contributed by atoms with Crippen LogP contribution >= 0.6 is 0 Å². The van der Waals surface area contributed by atoms with Crippen LogP contribution in [0.4, 0.5) is 0 Å². The molecule has 0 aliphatic rings. The van der Waals surface area contributed by atoms with Gasteiger partial charge in [-0.05, 0) is 17.7 Å². The van der Waals surface area contributed by atoms with E-state index in [1.165, 1.54) is 5.56 Å². The van der Waals surface area contributed by atoms with Gasteiger partial charge in [0.15, 0.2) is 0 Å². The van der Waals surface area contributed by atoms with Crippen LogP contribution in [0.3, 0.4) is 0 Å². The average Bonchev–Trinajstić information content (AvgIpc) is 2.87. The number of fused-ring (bicyclic) bond motifs is 1. The molecule has 0 aliphatic carbocycles. The quantitative estimate of drug-likeness (QED) is 0.760. The predicted octanol–water partition coefficient (Wildman–Crippen LogP) is 1.97. The lowest BCUT2D eigenvalue weighted by Gasteiger charge is -2.06. The van der Waals surface area contributed by atoms with Gasteiger partial charge in [0.25, 0.3) is 0 Å². The summed E-state index contributed by atoms with van der Waals surface area (Å²) >= 11 is 0. The van der Waals surface area contributed by atoms with E-state index >= 15 is 0 Å². The summed E-state index contributed by atoms with van der Waals surface area (Å²) in [5.74, 6) is 0.